The molecule has 2 heterocycles. The van der Waals surface area contributed by atoms with E-state index in [0.717, 1.165) is 28.8 Å². The van der Waals surface area contributed by atoms with Gasteiger partial charge in [0.25, 0.3) is 0 Å². The van der Waals surface area contributed by atoms with E-state index in [9.17, 15) is 4.79 Å². The molecule has 1 aromatic carbocycles. The zero-order chi connectivity index (χ0) is 12.0. The van der Waals surface area contributed by atoms with E-state index < -0.39 is 0 Å². The molecule has 17 heavy (non-hydrogen) atoms. The lowest BCUT2D eigenvalue weighted by Crippen LogP contribution is -2.22. The number of fused-ring (bicyclic) bond motifs is 2. The van der Waals surface area contributed by atoms with Crippen LogP contribution >= 0.6 is 11.6 Å². The third kappa shape index (κ3) is 1.66. The van der Waals surface area contributed by atoms with Gasteiger partial charge in [-0.1, -0.05) is 11.6 Å². The molecule has 0 radical (unpaired) electrons. The van der Waals surface area contributed by atoms with E-state index in [-0.39, 0.29) is 5.43 Å². The van der Waals surface area contributed by atoms with Crippen LogP contribution in [-0.4, -0.2) is 11.6 Å². The Morgan fingerprint density at radius 2 is 2.24 bits per heavy atom. The molecule has 88 valence electrons. The Morgan fingerprint density at radius 3 is 3.06 bits per heavy atom. The first-order valence-corrected chi connectivity index (χ1v) is 5.96. The molecule has 1 aromatic heterocycles. The lowest BCUT2D eigenvalue weighted by atomic mass is 10.0. The smallest absolute Gasteiger partial charge is 0.195 e. The van der Waals surface area contributed by atoms with Crippen LogP contribution in [0.15, 0.2) is 16.9 Å². The number of benzene rings is 1. The first-order valence-electron chi connectivity index (χ1n) is 5.58. The number of nitrogens with one attached hydrogen (secondary N) is 1. The van der Waals surface area contributed by atoms with Crippen LogP contribution in [0.4, 0.5) is 0 Å². The molecule has 4 heteroatoms. The van der Waals surface area contributed by atoms with Crippen LogP contribution in [0.5, 0.6) is 0 Å². The molecule has 0 fully saturated rings. The molecule has 0 spiro atoms. The van der Waals surface area contributed by atoms with Crippen molar-refractivity contribution in [3.8, 4) is 0 Å². The fourth-order valence-electron chi connectivity index (χ4n) is 2.33. The monoisotopic (exact) mass is 249 g/mol. The van der Waals surface area contributed by atoms with Crippen LogP contribution in [0.2, 0.25) is 5.02 Å². The Labute approximate surface area is 103 Å². The topological polar surface area (TPSA) is 42.1 Å². The normalized spacial score (nSPS) is 14.9. The van der Waals surface area contributed by atoms with Gasteiger partial charge in [0, 0.05) is 28.1 Å². The molecule has 3 nitrogen and oxygen atoms in total. The highest BCUT2D eigenvalue weighted by molar-refractivity contribution is 6.31. The van der Waals surface area contributed by atoms with Gasteiger partial charge in [-0.05, 0) is 24.6 Å². The lowest BCUT2D eigenvalue weighted by molar-refractivity contribution is 0.109. The molecule has 0 saturated heterocycles. The van der Waals surface area contributed by atoms with Crippen LogP contribution in [0.1, 0.15) is 16.8 Å². The first-order chi connectivity index (χ1) is 8.16. The predicted molar refractivity (Wildman–Crippen MR) is 67.7 cm³/mol. The minimum absolute atomic E-state index is 0.0408. The summed E-state index contributed by atoms with van der Waals surface area (Å²) in [6.45, 7) is 3.02. The van der Waals surface area contributed by atoms with Crippen LogP contribution in [0, 0.1) is 6.92 Å². The number of aryl methyl sites for hydroxylation is 1. The molecule has 0 bridgehead atoms. The quantitative estimate of drug-likeness (QED) is 0.780. The van der Waals surface area contributed by atoms with Gasteiger partial charge in [0.1, 0.15) is 0 Å². The van der Waals surface area contributed by atoms with Gasteiger partial charge in [-0.2, -0.15) is 0 Å². The standard InChI is InChI=1S/C13H12ClNO2/c1-7-4-8(14)5-9-12(7)15-11-2-3-17-6-10(11)13(9)16/h4-5H,2-3,6H2,1H3,(H,15,16). The van der Waals surface area contributed by atoms with Gasteiger partial charge in [0.2, 0.25) is 0 Å². The second-order valence-electron chi connectivity index (χ2n) is 4.36. The third-order valence-corrected chi connectivity index (χ3v) is 3.42. The number of aromatic amines is 1. The Morgan fingerprint density at radius 1 is 1.41 bits per heavy atom. The van der Waals surface area contributed by atoms with E-state index in [1.54, 1.807) is 6.07 Å². The van der Waals surface area contributed by atoms with Gasteiger partial charge in [0.05, 0.1) is 18.7 Å². The van der Waals surface area contributed by atoms with Crippen LogP contribution in [0.3, 0.4) is 0 Å². The van der Waals surface area contributed by atoms with Crippen LogP contribution in [0.25, 0.3) is 10.9 Å². The van der Waals surface area contributed by atoms with E-state index in [1.165, 1.54) is 0 Å². The van der Waals surface area contributed by atoms with Gasteiger partial charge in [-0.3, -0.25) is 4.79 Å². The summed E-state index contributed by atoms with van der Waals surface area (Å²) in [5.74, 6) is 0. The number of rotatable bonds is 0. The Balaban J connectivity index is 2.44. The summed E-state index contributed by atoms with van der Waals surface area (Å²) in [6.07, 6.45) is 0.766. The van der Waals surface area contributed by atoms with Crippen molar-refractivity contribution in [1.82, 2.24) is 4.98 Å². The average Bonchev–Trinajstić information content (AvgIpc) is 2.31. The third-order valence-electron chi connectivity index (χ3n) is 3.20. The number of halogens is 1. The largest absolute Gasteiger partial charge is 0.376 e. The van der Waals surface area contributed by atoms with E-state index >= 15 is 0 Å². The van der Waals surface area contributed by atoms with Crippen molar-refractivity contribution in [2.75, 3.05) is 6.61 Å². The molecular weight excluding hydrogens is 238 g/mol. The fraction of sp³-hybridized carbons (Fsp3) is 0.308. The highest BCUT2D eigenvalue weighted by atomic mass is 35.5. The minimum Gasteiger partial charge on any atom is -0.376 e. The molecule has 1 aliphatic rings. The molecule has 1 N–H and O–H groups in total. The van der Waals surface area contributed by atoms with Crippen molar-refractivity contribution in [2.24, 2.45) is 0 Å². The van der Waals surface area contributed by atoms with Crippen molar-refractivity contribution < 1.29 is 4.74 Å². The first kappa shape index (κ1) is 10.8. The average molecular weight is 250 g/mol. The summed E-state index contributed by atoms with van der Waals surface area (Å²) < 4.78 is 5.33. The number of H-pyrrole nitrogens is 1. The van der Waals surface area contributed by atoms with Crippen molar-refractivity contribution in [1.29, 1.82) is 0 Å². The maximum atomic E-state index is 12.3. The maximum Gasteiger partial charge on any atom is 0.195 e. The second kappa shape index (κ2) is 3.86. The summed E-state index contributed by atoms with van der Waals surface area (Å²) >= 11 is 6.00. The predicted octanol–water partition coefficient (Wildman–Crippen LogP) is 2.56. The fourth-order valence-corrected chi connectivity index (χ4v) is 2.60. The SMILES string of the molecule is Cc1cc(Cl)cc2c(=O)c3c([nH]c12)CCOC3. The number of hydrogen-bond donors (Lipinski definition) is 1. The lowest BCUT2D eigenvalue weighted by Gasteiger charge is -2.17. The molecule has 2 aromatic rings. The van der Waals surface area contributed by atoms with Gasteiger partial charge in [-0.15, -0.1) is 0 Å². The van der Waals surface area contributed by atoms with Crippen molar-refractivity contribution in [3.63, 3.8) is 0 Å². The van der Waals surface area contributed by atoms with Gasteiger partial charge in [0.15, 0.2) is 5.43 Å². The summed E-state index contributed by atoms with van der Waals surface area (Å²) in [4.78, 5) is 15.7. The molecular formula is C13H12ClNO2. The molecule has 0 unspecified atom stereocenters. The summed E-state index contributed by atoms with van der Waals surface area (Å²) in [6, 6.07) is 3.59. The Hall–Kier alpha value is -1.32. The van der Waals surface area contributed by atoms with E-state index in [2.05, 4.69) is 4.98 Å². The van der Waals surface area contributed by atoms with Gasteiger partial charge >= 0.3 is 0 Å². The van der Waals surface area contributed by atoms with Crippen LogP contribution in [-0.2, 0) is 17.8 Å². The van der Waals surface area contributed by atoms with E-state index in [1.807, 2.05) is 13.0 Å². The number of aromatic nitrogens is 1. The number of hydrogen-bond acceptors (Lipinski definition) is 2. The molecule has 0 amide bonds. The molecule has 3 rings (SSSR count). The summed E-state index contributed by atoms with van der Waals surface area (Å²) in [7, 11) is 0. The minimum atomic E-state index is 0.0408. The highest BCUT2D eigenvalue weighted by Crippen LogP contribution is 2.22. The van der Waals surface area contributed by atoms with Crippen molar-refractivity contribution in [3.05, 3.63) is 44.2 Å². The van der Waals surface area contributed by atoms with Gasteiger partial charge in [-0.25, -0.2) is 0 Å². The number of pyridine rings is 1. The van der Waals surface area contributed by atoms with Crippen LogP contribution < -0.4 is 5.43 Å². The zero-order valence-electron chi connectivity index (χ0n) is 9.47. The molecule has 1 aliphatic heterocycles. The van der Waals surface area contributed by atoms with E-state index in [0.29, 0.717) is 23.6 Å². The Bertz CT molecular complexity index is 660. The zero-order valence-corrected chi connectivity index (χ0v) is 10.2. The Kier molecular flexibility index (Phi) is 2.45. The number of ether oxygens (including phenoxy) is 1. The molecule has 0 saturated carbocycles. The van der Waals surface area contributed by atoms with Crippen molar-refractivity contribution in [2.45, 2.75) is 20.0 Å². The molecule has 0 aliphatic carbocycles. The second-order valence-corrected chi connectivity index (χ2v) is 4.80. The van der Waals surface area contributed by atoms with Crippen molar-refractivity contribution >= 4 is 22.5 Å². The van der Waals surface area contributed by atoms with E-state index in [4.69, 9.17) is 16.3 Å². The highest BCUT2D eigenvalue weighted by Gasteiger charge is 2.16. The summed E-state index contributed by atoms with van der Waals surface area (Å²) in [5, 5.41) is 1.25. The maximum absolute atomic E-state index is 12.3. The molecule has 0 atom stereocenters. The van der Waals surface area contributed by atoms with Gasteiger partial charge < -0.3 is 9.72 Å². The summed E-state index contributed by atoms with van der Waals surface area (Å²) in [5.41, 5.74) is 3.67.